The number of hydrogen-bond acceptors (Lipinski definition) is 7. The molecule has 52 heavy (non-hydrogen) atoms. The SMILES string of the molecule is Cc1c(C(=O)N(c2ccc(O)cc2)c2cnc3c(c2)CCN3C)cc(-c2cc3c(cc2C(=O)N2CCc4ccccc4C2C(F)(F)F)OCO3)n1C. The molecule has 3 aliphatic heterocycles. The summed E-state index contributed by atoms with van der Waals surface area (Å²) >= 11 is 0. The molecule has 0 bridgehead atoms. The zero-order valence-electron chi connectivity index (χ0n) is 28.6. The third-order valence-corrected chi connectivity index (χ3v) is 10.2. The van der Waals surface area contributed by atoms with E-state index in [-0.39, 0.29) is 47.9 Å². The number of likely N-dealkylation sites (N-methyl/N-ethyl adjacent to an activating group) is 1. The molecular weight excluding hydrogens is 675 g/mol. The summed E-state index contributed by atoms with van der Waals surface area (Å²) in [6, 6.07) is 17.0. The van der Waals surface area contributed by atoms with Crippen LogP contribution >= 0.6 is 0 Å². The van der Waals surface area contributed by atoms with Crippen LogP contribution in [0.15, 0.2) is 79.0 Å². The van der Waals surface area contributed by atoms with Gasteiger partial charge in [0.2, 0.25) is 6.79 Å². The Labute approximate surface area is 297 Å². The van der Waals surface area contributed by atoms with E-state index in [2.05, 4.69) is 4.98 Å². The normalized spacial score (nSPS) is 16.2. The molecule has 2 amide bonds. The zero-order valence-corrected chi connectivity index (χ0v) is 28.6. The number of aromatic nitrogens is 2. The molecule has 1 N–H and O–H groups in total. The number of nitrogens with zero attached hydrogens (tertiary/aromatic N) is 5. The standard InChI is InChI=1S/C39H34F3N5O5/c1-22-29(38(50)47(25-8-10-27(48)11-9-25)26-16-24-12-14-44(2)36(24)43-20-26)17-32(45(22)3)30-18-33-34(52-21-51-33)19-31(30)37(49)46-15-13-23-6-4-5-7-28(23)35(46)39(40,41)42/h4-11,16-20,35,48H,12-15,21H2,1-3H3. The maximum Gasteiger partial charge on any atom is 0.413 e. The van der Waals surface area contributed by atoms with E-state index < -0.39 is 24.0 Å². The van der Waals surface area contributed by atoms with Gasteiger partial charge in [0.1, 0.15) is 11.6 Å². The Balaban J connectivity index is 1.24. The van der Waals surface area contributed by atoms with E-state index in [0.29, 0.717) is 39.6 Å². The number of hydrogen-bond donors (Lipinski definition) is 1. The quantitative estimate of drug-likeness (QED) is 0.208. The first-order chi connectivity index (χ1) is 24.9. The molecule has 1 unspecified atom stereocenters. The van der Waals surface area contributed by atoms with Crippen molar-refractivity contribution in [2.24, 2.45) is 7.05 Å². The fraction of sp³-hybridized carbons (Fsp3) is 0.256. The molecule has 0 fully saturated rings. The van der Waals surface area contributed by atoms with Crippen LogP contribution in [-0.4, -0.2) is 64.5 Å². The number of halogens is 3. The summed E-state index contributed by atoms with van der Waals surface area (Å²) in [4.78, 5) is 38.2. The average molecular weight is 710 g/mol. The summed E-state index contributed by atoms with van der Waals surface area (Å²) in [5.74, 6) is 0.212. The van der Waals surface area contributed by atoms with Gasteiger partial charge in [0.15, 0.2) is 17.5 Å². The van der Waals surface area contributed by atoms with Crippen molar-refractivity contribution >= 4 is 29.0 Å². The van der Waals surface area contributed by atoms with Gasteiger partial charge in [0.25, 0.3) is 11.8 Å². The Hall–Kier alpha value is -5.98. The fourth-order valence-corrected chi connectivity index (χ4v) is 7.44. The lowest BCUT2D eigenvalue weighted by molar-refractivity contribution is -0.181. The van der Waals surface area contributed by atoms with Crippen molar-refractivity contribution in [2.75, 3.05) is 36.7 Å². The molecule has 0 spiro atoms. The molecule has 0 aliphatic carbocycles. The highest BCUT2D eigenvalue weighted by Gasteiger charge is 2.49. The van der Waals surface area contributed by atoms with Crippen molar-refractivity contribution in [3.8, 4) is 28.5 Å². The van der Waals surface area contributed by atoms with Crippen LogP contribution in [0.2, 0.25) is 0 Å². The average Bonchev–Trinajstić information content (AvgIpc) is 3.83. The first kappa shape index (κ1) is 33.2. The van der Waals surface area contributed by atoms with Gasteiger partial charge < -0.3 is 28.9 Å². The van der Waals surface area contributed by atoms with Gasteiger partial charge in [-0.25, -0.2) is 4.98 Å². The summed E-state index contributed by atoms with van der Waals surface area (Å²) < 4.78 is 57.3. The monoisotopic (exact) mass is 709 g/mol. The van der Waals surface area contributed by atoms with Crippen LogP contribution in [0.4, 0.5) is 30.4 Å². The van der Waals surface area contributed by atoms with Crippen LogP contribution in [0.1, 0.15) is 49.1 Å². The van der Waals surface area contributed by atoms with E-state index in [1.165, 1.54) is 29.2 Å². The van der Waals surface area contributed by atoms with Crippen LogP contribution in [0.3, 0.4) is 0 Å². The number of benzene rings is 3. The first-order valence-corrected chi connectivity index (χ1v) is 16.8. The number of anilines is 3. The van der Waals surface area contributed by atoms with Gasteiger partial charge in [-0.2, -0.15) is 13.2 Å². The van der Waals surface area contributed by atoms with E-state index in [1.807, 2.05) is 18.0 Å². The molecule has 0 radical (unpaired) electrons. The molecule has 8 rings (SSSR count). The number of phenols is 1. The molecule has 13 heteroatoms. The number of fused-ring (bicyclic) bond motifs is 3. The van der Waals surface area contributed by atoms with Gasteiger partial charge in [0.05, 0.1) is 23.0 Å². The van der Waals surface area contributed by atoms with Gasteiger partial charge in [-0.05, 0) is 85.0 Å². The maximum atomic E-state index is 14.8. The largest absolute Gasteiger partial charge is 0.508 e. The lowest BCUT2D eigenvalue weighted by Crippen LogP contribution is -2.46. The Kier molecular flexibility index (Phi) is 7.89. The molecule has 10 nitrogen and oxygen atoms in total. The summed E-state index contributed by atoms with van der Waals surface area (Å²) in [5, 5.41) is 10.0. The number of aromatic hydroxyl groups is 1. The van der Waals surface area contributed by atoms with Crippen molar-refractivity contribution in [1.29, 1.82) is 0 Å². The highest BCUT2D eigenvalue weighted by Crippen LogP contribution is 2.46. The Morgan fingerprint density at radius 2 is 1.60 bits per heavy atom. The smallest absolute Gasteiger partial charge is 0.413 e. The maximum absolute atomic E-state index is 14.8. The first-order valence-electron chi connectivity index (χ1n) is 16.8. The topological polar surface area (TPSA) is 100 Å². The van der Waals surface area contributed by atoms with Crippen molar-refractivity contribution in [2.45, 2.75) is 32.0 Å². The number of alkyl halides is 3. The molecule has 266 valence electrons. The molecule has 3 aliphatic rings. The fourth-order valence-electron chi connectivity index (χ4n) is 7.44. The van der Waals surface area contributed by atoms with E-state index in [0.717, 1.165) is 29.2 Å². The minimum atomic E-state index is -4.73. The Morgan fingerprint density at radius 1 is 0.885 bits per heavy atom. The van der Waals surface area contributed by atoms with E-state index in [1.54, 1.807) is 67.2 Å². The van der Waals surface area contributed by atoms with Crippen LogP contribution < -0.4 is 19.3 Å². The van der Waals surface area contributed by atoms with Crippen LogP contribution in [0.25, 0.3) is 11.3 Å². The molecule has 5 heterocycles. The molecule has 5 aromatic rings. The summed E-state index contributed by atoms with van der Waals surface area (Å²) in [5.41, 5.74) is 4.13. The summed E-state index contributed by atoms with van der Waals surface area (Å²) in [7, 11) is 3.69. The molecular formula is C39H34F3N5O5. The highest BCUT2D eigenvalue weighted by molar-refractivity contribution is 6.12. The Morgan fingerprint density at radius 3 is 2.35 bits per heavy atom. The molecule has 0 saturated carbocycles. The zero-order chi connectivity index (χ0) is 36.5. The number of carbonyl (C=O) groups excluding carboxylic acids is 2. The van der Waals surface area contributed by atoms with Crippen molar-refractivity contribution < 1.29 is 37.3 Å². The van der Waals surface area contributed by atoms with Crippen LogP contribution in [-0.2, 0) is 19.9 Å². The van der Waals surface area contributed by atoms with Gasteiger partial charge >= 0.3 is 6.18 Å². The number of phenolic OH excluding ortho intramolecular Hbond substituents is 1. The van der Waals surface area contributed by atoms with Gasteiger partial charge in [-0.3, -0.25) is 14.5 Å². The van der Waals surface area contributed by atoms with Gasteiger partial charge in [-0.1, -0.05) is 24.3 Å². The Bertz CT molecular complexity index is 2250. The lowest BCUT2D eigenvalue weighted by atomic mass is 9.91. The number of pyridine rings is 1. The van der Waals surface area contributed by atoms with E-state index in [9.17, 15) is 27.9 Å². The van der Waals surface area contributed by atoms with Crippen LogP contribution in [0.5, 0.6) is 17.2 Å². The van der Waals surface area contributed by atoms with Gasteiger partial charge in [-0.15, -0.1) is 0 Å². The summed E-state index contributed by atoms with van der Waals surface area (Å²) in [6.07, 6.45) is -2.08. The van der Waals surface area contributed by atoms with E-state index >= 15 is 0 Å². The minimum Gasteiger partial charge on any atom is -0.508 e. The number of amides is 2. The second-order valence-electron chi connectivity index (χ2n) is 13.2. The lowest BCUT2D eigenvalue weighted by Gasteiger charge is -2.38. The molecule has 2 aromatic heterocycles. The van der Waals surface area contributed by atoms with E-state index in [4.69, 9.17) is 9.47 Å². The third-order valence-electron chi connectivity index (χ3n) is 10.2. The second kappa shape index (κ2) is 12.4. The third kappa shape index (κ3) is 5.47. The molecule has 1 atom stereocenters. The van der Waals surface area contributed by atoms with Crippen molar-refractivity contribution in [3.05, 3.63) is 113 Å². The van der Waals surface area contributed by atoms with Gasteiger partial charge in [0, 0.05) is 49.8 Å². The number of rotatable bonds is 5. The minimum absolute atomic E-state index is 0.0141. The van der Waals surface area contributed by atoms with Crippen molar-refractivity contribution in [1.82, 2.24) is 14.5 Å². The number of ether oxygens (including phenoxy) is 2. The predicted octanol–water partition coefficient (Wildman–Crippen LogP) is 7.10. The molecule has 0 saturated heterocycles. The summed E-state index contributed by atoms with van der Waals surface area (Å²) in [6.45, 7) is 2.30. The molecule has 3 aromatic carbocycles. The van der Waals surface area contributed by atoms with Crippen LogP contribution in [0, 0.1) is 6.92 Å². The highest BCUT2D eigenvalue weighted by atomic mass is 19.4. The second-order valence-corrected chi connectivity index (χ2v) is 13.2. The number of carbonyl (C=O) groups is 2. The van der Waals surface area contributed by atoms with Crippen molar-refractivity contribution in [3.63, 3.8) is 0 Å². The predicted molar refractivity (Wildman–Crippen MR) is 187 cm³/mol.